The number of benzene rings is 1. The second-order valence-electron chi connectivity index (χ2n) is 4.36. The second-order valence-corrected chi connectivity index (χ2v) is 4.36. The van der Waals surface area contributed by atoms with Crippen molar-refractivity contribution < 1.29 is 14.7 Å². The number of anilines is 1. The minimum atomic E-state index is -1.03. The largest absolute Gasteiger partial charge is 0.478 e. The molecule has 104 valence electrons. The van der Waals surface area contributed by atoms with Crippen LogP contribution in [0.5, 0.6) is 0 Å². The third-order valence-corrected chi connectivity index (χ3v) is 2.95. The lowest BCUT2D eigenvalue weighted by Crippen LogP contribution is -2.35. The third-order valence-electron chi connectivity index (χ3n) is 2.95. The number of carbonyl (C=O) groups excluding carboxylic acids is 1. The van der Waals surface area contributed by atoms with Crippen LogP contribution in [0.15, 0.2) is 30.3 Å². The van der Waals surface area contributed by atoms with Crippen molar-refractivity contribution in [2.24, 2.45) is 0 Å². The van der Waals surface area contributed by atoms with Gasteiger partial charge in [0.2, 0.25) is 5.91 Å². The van der Waals surface area contributed by atoms with Crippen molar-refractivity contribution >= 4 is 28.6 Å². The lowest BCUT2D eigenvalue weighted by atomic mass is 10.1. The van der Waals surface area contributed by atoms with Crippen LogP contribution in [0.3, 0.4) is 0 Å². The molecule has 2 rings (SSSR count). The van der Waals surface area contributed by atoms with Crippen molar-refractivity contribution in [1.82, 2.24) is 10.3 Å². The Labute approximate surface area is 115 Å². The molecule has 0 bridgehead atoms. The van der Waals surface area contributed by atoms with E-state index in [0.29, 0.717) is 16.7 Å². The van der Waals surface area contributed by atoms with Gasteiger partial charge in [0.15, 0.2) is 0 Å². The van der Waals surface area contributed by atoms with Gasteiger partial charge in [-0.25, -0.2) is 9.78 Å². The highest BCUT2D eigenvalue weighted by Crippen LogP contribution is 2.21. The van der Waals surface area contributed by atoms with Gasteiger partial charge in [0.05, 0.1) is 11.1 Å². The molecule has 20 heavy (non-hydrogen) atoms. The van der Waals surface area contributed by atoms with Crippen molar-refractivity contribution in [3.05, 3.63) is 35.9 Å². The molecule has 1 aromatic heterocycles. The minimum Gasteiger partial charge on any atom is -0.478 e. The van der Waals surface area contributed by atoms with Crippen molar-refractivity contribution in [2.75, 3.05) is 12.4 Å². The number of hydrogen-bond acceptors (Lipinski definition) is 4. The van der Waals surface area contributed by atoms with E-state index in [-0.39, 0.29) is 11.5 Å². The van der Waals surface area contributed by atoms with E-state index >= 15 is 0 Å². The van der Waals surface area contributed by atoms with E-state index in [0.717, 1.165) is 0 Å². The topological polar surface area (TPSA) is 91.3 Å². The number of amides is 1. The number of nitrogens with zero attached hydrogens (tertiary/aromatic N) is 1. The molecule has 0 spiro atoms. The number of fused-ring (bicyclic) bond motifs is 1. The van der Waals surface area contributed by atoms with E-state index in [1.165, 1.54) is 13.1 Å². The number of likely N-dealkylation sites (N-methyl/N-ethyl adjacent to an activating group) is 1. The van der Waals surface area contributed by atoms with Gasteiger partial charge in [-0.15, -0.1) is 0 Å². The maximum absolute atomic E-state index is 11.5. The predicted molar refractivity (Wildman–Crippen MR) is 75.9 cm³/mol. The zero-order valence-electron chi connectivity index (χ0n) is 11.2. The van der Waals surface area contributed by atoms with Gasteiger partial charge in [0, 0.05) is 12.4 Å². The molecule has 1 aromatic carbocycles. The molecule has 0 aliphatic heterocycles. The summed E-state index contributed by atoms with van der Waals surface area (Å²) in [6, 6.07) is 7.92. The van der Waals surface area contributed by atoms with Crippen LogP contribution in [0.25, 0.3) is 10.9 Å². The first-order valence-corrected chi connectivity index (χ1v) is 6.14. The molecule has 1 amide bonds. The summed E-state index contributed by atoms with van der Waals surface area (Å²) in [5.41, 5.74) is 0.723. The highest BCUT2D eigenvalue weighted by molar-refractivity contribution is 6.03. The SMILES string of the molecule is CNC(=O)C(C)Nc1cc(C(=O)O)c2ccccc2n1. The second kappa shape index (κ2) is 5.56. The molecular weight excluding hydrogens is 258 g/mol. The number of pyridine rings is 1. The molecule has 0 radical (unpaired) electrons. The minimum absolute atomic E-state index is 0.155. The zero-order chi connectivity index (χ0) is 14.7. The van der Waals surface area contributed by atoms with Crippen LogP contribution in [0.1, 0.15) is 17.3 Å². The standard InChI is InChI=1S/C14H15N3O3/c1-8(13(18)15-2)16-12-7-10(14(19)20)9-5-3-4-6-11(9)17-12/h3-8H,1-2H3,(H,15,18)(H,16,17)(H,19,20). The average molecular weight is 273 g/mol. The van der Waals surface area contributed by atoms with Gasteiger partial charge in [-0.05, 0) is 19.1 Å². The highest BCUT2D eigenvalue weighted by atomic mass is 16.4. The lowest BCUT2D eigenvalue weighted by Gasteiger charge is -2.14. The molecule has 0 aliphatic carbocycles. The molecule has 2 aromatic rings. The summed E-state index contributed by atoms with van der Waals surface area (Å²) < 4.78 is 0. The normalized spacial score (nSPS) is 11.9. The first kappa shape index (κ1) is 13.8. The summed E-state index contributed by atoms with van der Waals surface area (Å²) in [5.74, 6) is -0.867. The van der Waals surface area contributed by atoms with E-state index in [9.17, 15) is 14.7 Å². The number of nitrogens with one attached hydrogen (secondary N) is 2. The van der Waals surface area contributed by atoms with Crippen LogP contribution in [-0.4, -0.2) is 35.1 Å². The fourth-order valence-electron chi connectivity index (χ4n) is 1.93. The molecule has 3 N–H and O–H groups in total. The first-order valence-electron chi connectivity index (χ1n) is 6.14. The Balaban J connectivity index is 2.45. The van der Waals surface area contributed by atoms with Crippen LogP contribution in [0, 0.1) is 0 Å². The summed E-state index contributed by atoms with van der Waals surface area (Å²) in [5, 5.41) is 15.2. The van der Waals surface area contributed by atoms with E-state index < -0.39 is 12.0 Å². The molecule has 0 saturated heterocycles. The Morgan fingerprint density at radius 1 is 1.30 bits per heavy atom. The summed E-state index contributed by atoms with van der Waals surface area (Å²) in [6.07, 6.45) is 0. The predicted octanol–water partition coefficient (Wildman–Crippen LogP) is 1.48. The molecule has 0 aliphatic rings. The molecule has 1 atom stereocenters. The third kappa shape index (κ3) is 2.69. The fourth-order valence-corrected chi connectivity index (χ4v) is 1.93. The highest BCUT2D eigenvalue weighted by Gasteiger charge is 2.15. The van der Waals surface area contributed by atoms with Gasteiger partial charge >= 0.3 is 5.97 Å². The monoisotopic (exact) mass is 273 g/mol. The molecule has 6 nitrogen and oxygen atoms in total. The average Bonchev–Trinajstić information content (AvgIpc) is 2.45. The Morgan fingerprint density at radius 3 is 2.65 bits per heavy atom. The number of hydrogen-bond donors (Lipinski definition) is 3. The maximum Gasteiger partial charge on any atom is 0.336 e. The van der Waals surface area contributed by atoms with Crippen LogP contribution in [0.2, 0.25) is 0 Å². The number of carboxylic acids is 1. The first-order chi connectivity index (χ1) is 9.52. The molecule has 1 unspecified atom stereocenters. The van der Waals surface area contributed by atoms with Gasteiger partial charge in [0.1, 0.15) is 11.9 Å². The van der Waals surface area contributed by atoms with Crippen molar-refractivity contribution in [3.63, 3.8) is 0 Å². The van der Waals surface area contributed by atoms with Gasteiger partial charge in [-0.3, -0.25) is 4.79 Å². The van der Waals surface area contributed by atoms with Crippen LogP contribution >= 0.6 is 0 Å². The number of aromatic carboxylic acids is 1. The van der Waals surface area contributed by atoms with Gasteiger partial charge in [-0.2, -0.15) is 0 Å². The van der Waals surface area contributed by atoms with E-state index in [1.54, 1.807) is 31.2 Å². The smallest absolute Gasteiger partial charge is 0.336 e. The number of carboxylic acid groups (broad SMARTS) is 1. The van der Waals surface area contributed by atoms with Gasteiger partial charge in [-0.1, -0.05) is 18.2 Å². The Hall–Kier alpha value is -2.63. The molecule has 6 heteroatoms. The Bertz CT molecular complexity index is 670. The van der Waals surface area contributed by atoms with E-state index in [4.69, 9.17) is 0 Å². The zero-order valence-corrected chi connectivity index (χ0v) is 11.2. The van der Waals surface area contributed by atoms with Gasteiger partial charge in [0.25, 0.3) is 0 Å². The number of aromatic nitrogens is 1. The number of rotatable bonds is 4. The van der Waals surface area contributed by atoms with Crippen molar-refractivity contribution in [2.45, 2.75) is 13.0 Å². The molecule has 0 fully saturated rings. The fraction of sp³-hybridized carbons (Fsp3) is 0.214. The quantitative estimate of drug-likeness (QED) is 0.784. The summed E-state index contributed by atoms with van der Waals surface area (Å²) in [7, 11) is 1.54. The summed E-state index contributed by atoms with van der Waals surface area (Å²) in [6.45, 7) is 1.68. The summed E-state index contributed by atoms with van der Waals surface area (Å²) in [4.78, 5) is 27.1. The molecule has 1 heterocycles. The number of carbonyl (C=O) groups is 2. The van der Waals surface area contributed by atoms with E-state index in [2.05, 4.69) is 15.6 Å². The van der Waals surface area contributed by atoms with Gasteiger partial charge < -0.3 is 15.7 Å². The number of para-hydroxylation sites is 1. The molecule has 0 saturated carbocycles. The van der Waals surface area contributed by atoms with Crippen LogP contribution in [-0.2, 0) is 4.79 Å². The van der Waals surface area contributed by atoms with Crippen LogP contribution < -0.4 is 10.6 Å². The Kier molecular flexibility index (Phi) is 3.84. The van der Waals surface area contributed by atoms with Crippen molar-refractivity contribution in [3.8, 4) is 0 Å². The molecular formula is C14H15N3O3. The van der Waals surface area contributed by atoms with E-state index in [1.807, 2.05) is 0 Å². The summed E-state index contributed by atoms with van der Waals surface area (Å²) >= 11 is 0. The van der Waals surface area contributed by atoms with Crippen LogP contribution in [0.4, 0.5) is 5.82 Å². The van der Waals surface area contributed by atoms with Crippen molar-refractivity contribution in [1.29, 1.82) is 0 Å². The maximum atomic E-state index is 11.5. The Morgan fingerprint density at radius 2 is 2.00 bits per heavy atom. The lowest BCUT2D eigenvalue weighted by molar-refractivity contribution is -0.121.